The van der Waals surface area contributed by atoms with Crippen LogP contribution in [0.3, 0.4) is 0 Å². The van der Waals surface area contributed by atoms with Crippen molar-refractivity contribution >= 4 is 0 Å². The first-order valence-electron chi connectivity index (χ1n) is 4.99. The predicted octanol–water partition coefficient (Wildman–Crippen LogP) is 1.99. The number of benzene rings is 1. The molecule has 0 fully saturated rings. The average molecular weight is 202 g/mol. The van der Waals surface area contributed by atoms with Crippen molar-refractivity contribution in [3.63, 3.8) is 0 Å². The summed E-state index contributed by atoms with van der Waals surface area (Å²) in [7, 11) is 0. The van der Waals surface area contributed by atoms with E-state index in [0.29, 0.717) is 6.42 Å². The van der Waals surface area contributed by atoms with Crippen LogP contribution in [0.1, 0.15) is 23.1 Å². The molecule has 3 heteroatoms. The van der Waals surface area contributed by atoms with E-state index in [0.717, 1.165) is 17.0 Å². The van der Waals surface area contributed by atoms with Crippen LogP contribution < -0.4 is 0 Å². The van der Waals surface area contributed by atoms with Crippen molar-refractivity contribution in [2.75, 3.05) is 0 Å². The Morgan fingerprint density at radius 2 is 2.07 bits per heavy atom. The van der Waals surface area contributed by atoms with Crippen molar-refractivity contribution in [1.29, 1.82) is 0 Å². The fourth-order valence-corrected chi connectivity index (χ4v) is 1.64. The molecule has 3 nitrogen and oxygen atoms in total. The fourth-order valence-electron chi connectivity index (χ4n) is 1.64. The van der Waals surface area contributed by atoms with Gasteiger partial charge < -0.3 is 10.1 Å². The molecule has 1 atom stereocenters. The number of hydrogen-bond donors (Lipinski definition) is 2. The lowest BCUT2D eigenvalue weighted by Gasteiger charge is -2.08. The van der Waals surface area contributed by atoms with Gasteiger partial charge >= 0.3 is 0 Å². The van der Waals surface area contributed by atoms with Crippen LogP contribution in [0.25, 0.3) is 0 Å². The van der Waals surface area contributed by atoms with Gasteiger partial charge in [-0.05, 0) is 12.5 Å². The van der Waals surface area contributed by atoms with Crippen molar-refractivity contribution in [3.8, 4) is 0 Å². The highest BCUT2D eigenvalue weighted by atomic mass is 16.3. The molecule has 0 spiro atoms. The molecule has 1 heterocycles. The Labute approximate surface area is 88.8 Å². The summed E-state index contributed by atoms with van der Waals surface area (Å²) in [5, 5.41) is 9.96. The molecule has 0 aliphatic carbocycles. The highest BCUT2D eigenvalue weighted by Gasteiger charge is 2.13. The number of hydrogen-bond acceptors (Lipinski definition) is 2. The molecule has 2 N–H and O–H groups in total. The molecule has 0 radical (unpaired) electrons. The third-order valence-corrected chi connectivity index (χ3v) is 2.46. The van der Waals surface area contributed by atoms with E-state index >= 15 is 0 Å². The minimum atomic E-state index is -0.529. The van der Waals surface area contributed by atoms with Crippen LogP contribution in [0, 0.1) is 6.92 Å². The van der Waals surface area contributed by atoms with E-state index in [1.807, 2.05) is 37.3 Å². The summed E-state index contributed by atoms with van der Waals surface area (Å²) < 4.78 is 0. The fraction of sp³-hybridized carbons (Fsp3) is 0.250. The Morgan fingerprint density at radius 3 is 2.67 bits per heavy atom. The van der Waals surface area contributed by atoms with Crippen molar-refractivity contribution in [2.24, 2.45) is 0 Å². The Kier molecular flexibility index (Phi) is 2.83. The Hall–Kier alpha value is -1.61. The standard InChI is InChI=1S/C12H14N2O/c1-9-12(14-8-13-9)11(15)7-10-5-3-2-4-6-10/h2-6,8,11,15H,7H2,1H3,(H,13,14). The largest absolute Gasteiger partial charge is 0.386 e. The van der Waals surface area contributed by atoms with Crippen molar-refractivity contribution in [3.05, 3.63) is 53.6 Å². The zero-order valence-electron chi connectivity index (χ0n) is 8.64. The molecule has 0 aliphatic heterocycles. The summed E-state index contributed by atoms with van der Waals surface area (Å²) in [6.45, 7) is 1.91. The van der Waals surface area contributed by atoms with Crippen LogP contribution in [0.2, 0.25) is 0 Å². The third kappa shape index (κ3) is 2.25. The van der Waals surface area contributed by atoms with Crippen LogP contribution >= 0.6 is 0 Å². The van der Waals surface area contributed by atoms with Gasteiger partial charge in [0.05, 0.1) is 12.0 Å². The van der Waals surface area contributed by atoms with Crippen LogP contribution in [-0.2, 0) is 6.42 Å². The number of aromatic amines is 1. The summed E-state index contributed by atoms with van der Waals surface area (Å²) in [5.74, 6) is 0. The van der Waals surface area contributed by atoms with Gasteiger partial charge in [-0.15, -0.1) is 0 Å². The number of aryl methyl sites for hydroxylation is 1. The molecule has 0 bridgehead atoms. The number of aliphatic hydroxyl groups is 1. The highest BCUT2D eigenvalue weighted by Crippen LogP contribution is 2.18. The van der Waals surface area contributed by atoms with Crippen LogP contribution in [0.15, 0.2) is 36.7 Å². The van der Waals surface area contributed by atoms with E-state index in [1.165, 1.54) is 0 Å². The first-order chi connectivity index (χ1) is 7.27. The van der Waals surface area contributed by atoms with Gasteiger partial charge in [-0.1, -0.05) is 30.3 Å². The molecule has 1 aromatic carbocycles. The number of imidazole rings is 1. The Balaban J connectivity index is 2.11. The zero-order valence-corrected chi connectivity index (χ0v) is 8.64. The quantitative estimate of drug-likeness (QED) is 0.799. The summed E-state index contributed by atoms with van der Waals surface area (Å²) in [4.78, 5) is 7.07. The Bertz CT molecular complexity index is 422. The smallest absolute Gasteiger partial charge is 0.102 e. The monoisotopic (exact) mass is 202 g/mol. The average Bonchev–Trinajstić information content (AvgIpc) is 2.66. The molecule has 1 unspecified atom stereocenters. The lowest BCUT2D eigenvalue weighted by Crippen LogP contribution is -2.03. The maximum atomic E-state index is 9.96. The van der Waals surface area contributed by atoms with E-state index in [9.17, 15) is 5.11 Å². The molecule has 1 aromatic heterocycles. The molecule has 2 rings (SSSR count). The van der Waals surface area contributed by atoms with Gasteiger partial charge in [0, 0.05) is 12.1 Å². The molecule has 0 amide bonds. The van der Waals surface area contributed by atoms with Gasteiger partial charge in [0.2, 0.25) is 0 Å². The molecule has 15 heavy (non-hydrogen) atoms. The van der Waals surface area contributed by atoms with E-state index < -0.39 is 6.10 Å². The van der Waals surface area contributed by atoms with Gasteiger partial charge in [-0.3, -0.25) is 0 Å². The molecule has 2 aromatic rings. The molecule has 0 aliphatic rings. The van der Waals surface area contributed by atoms with Gasteiger partial charge in [0.1, 0.15) is 6.10 Å². The molecule has 78 valence electrons. The number of nitrogens with zero attached hydrogens (tertiary/aromatic N) is 1. The Morgan fingerprint density at radius 1 is 1.33 bits per heavy atom. The summed E-state index contributed by atoms with van der Waals surface area (Å²) in [6.07, 6.45) is 1.68. The van der Waals surface area contributed by atoms with Crippen molar-refractivity contribution in [2.45, 2.75) is 19.4 Å². The lowest BCUT2D eigenvalue weighted by atomic mass is 10.1. The number of aliphatic hydroxyl groups excluding tert-OH is 1. The van der Waals surface area contributed by atoms with Gasteiger partial charge in [-0.2, -0.15) is 0 Å². The molecule has 0 saturated carbocycles. The summed E-state index contributed by atoms with van der Waals surface area (Å²) in [6, 6.07) is 9.92. The van der Waals surface area contributed by atoms with E-state index in [1.54, 1.807) is 6.33 Å². The van der Waals surface area contributed by atoms with E-state index in [2.05, 4.69) is 9.97 Å². The predicted molar refractivity (Wildman–Crippen MR) is 58.4 cm³/mol. The second-order valence-corrected chi connectivity index (χ2v) is 3.62. The number of nitrogens with one attached hydrogen (secondary N) is 1. The maximum absolute atomic E-state index is 9.96. The SMILES string of the molecule is Cc1[nH]cnc1C(O)Cc1ccccc1. The number of H-pyrrole nitrogens is 1. The lowest BCUT2D eigenvalue weighted by molar-refractivity contribution is 0.173. The second-order valence-electron chi connectivity index (χ2n) is 3.62. The highest BCUT2D eigenvalue weighted by molar-refractivity contribution is 5.19. The third-order valence-electron chi connectivity index (χ3n) is 2.46. The van der Waals surface area contributed by atoms with Gasteiger partial charge in [-0.25, -0.2) is 4.98 Å². The van der Waals surface area contributed by atoms with Gasteiger partial charge in [0.15, 0.2) is 0 Å². The van der Waals surface area contributed by atoms with Crippen molar-refractivity contribution < 1.29 is 5.11 Å². The van der Waals surface area contributed by atoms with Crippen LogP contribution in [0.4, 0.5) is 0 Å². The van der Waals surface area contributed by atoms with Crippen LogP contribution in [0.5, 0.6) is 0 Å². The normalized spacial score (nSPS) is 12.7. The molecular weight excluding hydrogens is 188 g/mol. The minimum absolute atomic E-state index is 0.529. The summed E-state index contributed by atoms with van der Waals surface area (Å²) in [5.41, 5.74) is 2.78. The maximum Gasteiger partial charge on any atom is 0.102 e. The molecule has 0 saturated heterocycles. The topological polar surface area (TPSA) is 48.9 Å². The van der Waals surface area contributed by atoms with Gasteiger partial charge in [0.25, 0.3) is 0 Å². The summed E-state index contributed by atoms with van der Waals surface area (Å²) >= 11 is 0. The van der Waals surface area contributed by atoms with E-state index in [-0.39, 0.29) is 0 Å². The number of aromatic nitrogens is 2. The van der Waals surface area contributed by atoms with E-state index in [4.69, 9.17) is 0 Å². The number of rotatable bonds is 3. The first kappa shape index (κ1) is 9.93. The minimum Gasteiger partial charge on any atom is -0.386 e. The van der Waals surface area contributed by atoms with Crippen molar-refractivity contribution in [1.82, 2.24) is 9.97 Å². The first-order valence-corrected chi connectivity index (χ1v) is 4.99. The molecular formula is C12H14N2O. The second kappa shape index (κ2) is 4.28. The zero-order chi connectivity index (χ0) is 10.7. The van der Waals surface area contributed by atoms with Crippen LogP contribution in [-0.4, -0.2) is 15.1 Å².